The summed E-state index contributed by atoms with van der Waals surface area (Å²) in [7, 11) is 1.24. The molecule has 214 valence electrons. The number of benzene rings is 1. The Morgan fingerprint density at radius 2 is 1.61 bits per heavy atom. The van der Waals surface area contributed by atoms with Gasteiger partial charge in [-0.1, -0.05) is 57.2 Å². The number of nitrogens with one attached hydrogen (secondary N) is 2. The van der Waals surface area contributed by atoms with E-state index in [-0.39, 0.29) is 6.54 Å². The summed E-state index contributed by atoms with van der Waals surface area (Å²) in [5.74, 6) is -1.51. The number of ether oxygens (including phenoxy) is 2. The van der Waals surface area contributed by atoms with Crippen molar-refractivity contribution in [3.05, 3.63) is 34.9 Å². The largest absolute Gasteiger partial charge is 0.468 e. The van der Waals surface area contributed by atoms with Crippen molar-refractivity contribution >= 4 is 23.9 Å². The number of alkyl carbamates (subject to hydrolysis) is 1. The number of amides is 3. The van der Waals surface area contributed by atoms with Gasteiger partial charge >= 0.3 is 12.1 Å². The van der Waals surface area contributed by atoms with Gasteiger partial charge in [-0.25, -0.2) is 4.79 Å². The van der Waals surface area contributed by atoms with Crippen molar-refractivity contribution in [1.29, 1.82) is 0 Å². The van der Waals surface area contributed by atoms with Gasteiger partial charge in [-0.05, 0) is 64.7 Å². The van der Waals surface area contributed by atoms with E-state index in [1.54, 1.807) is 27.7 Å². The first kappa shape index (κ1) is 32.9. The number of methoxy groups -OCH3 is 1. The highest BCUT2D eigenvalue weighted by Gasteiger charge is 2.34. The Morgan fingerprint density at radius 3 is 2.18 bits per heavy atom. The second-order valence-corrected chi connectivity index (χ2v) is 10.7. The molecule has 0 aliphatic carbocycles. The molecule has 0 spiro atoms. The molecule has 1 rings (SSSR count). The lowest BCUT2D eigenvalue weighted by Crippen LogP contribution is -2.52. The van der Waals surface area contributed by atoms with Crippen molar-refractivity contribution in [3.63, 3.8) is 0 Å². The van der Waals surface area contributed by atoms with Crippen LogP contribution in [0.5, 0.6) is 0 Å². The van der Waals surface area contributed by atoms with Crippen LogP contribution in [-0.2, 0) is 23.9 Å². The van der Waals surface area contributed by atoms with Gasteiger partial charge in [0, 0.05) is 6.54 Å². The van der Waals surface area contributed by atoms with Crippen LogP contribution in [-0.4, -0.2) is 60.6 Å². The van der Waals surface area contributed by atoms with Gasteiger partial charge in [-0.15, -0.1) is 0 Å². The molecule has 2 N–H and O–H groups in total. The minimum absolute atomic E-state index is 0.314. The first-order valence-corrected chi connectivity index (χ1v) is 13.5. The fraction of sp³-hybridized carbons (Fsp3) is 0.655. The first-order valence-electron chi connectivity index (χ1n) is 13.5. The van der Waals surface area contributed by atoms with Gasteiger partial charge < -0.3 is 25.0 Å². The van der Waals surface area contributed by atoms with Crippen molar-refractivity contribution in [2.45, 2.75) is 105 Å². The van der Waals surface area contributed by atoms with Gasteiger partial charge in [0.25, 0.3) is 0 Å². The smallest absolute Gasteiger partial charge is 0.408 e. The van der Waals surface area contributed by atoms with E-state index >= 15 is 0 Å². The third-order valence-corrected chi connectivity index (χ3v) is 6.18. The van der Waals surface area contributed by atoms with Gasteiger partial charge in [-0.3, -0.25) is 14.4 Å². The van der Waals surface area contributed by atoms with Gasteiger partial charge in [-0.2, -0.15) is 0 Å². The molecule has 1 aromatic rings. The lowest BCUT2D eigenvalue weighted by molar-refractivity contribution is -0.144. The number of unbranched alkanes of at least 4 members (excludes halogenated alkanes) is 5. The van der Waals surface area contributed by atoms with E-state index < -0.39 is 41.6 Å². The van der Waals surface area contributed by atoms with E-state index in [9.17, 15) is 19.2 Å². The molecule has 0 bridgehead atoms. The molecule has 0 radical (unpaired) electrons. The number of carbonyl (C=O) groups is 4. The third kappa shape index (κ3) is 11.5. The molecular weight excluding hydrogens is 486 g/mol. The molecule has 0 aromatic heterocycles. The number of aryl methyl sites for hydroxylation is 2. The van der Waals surface area contributed by atoms with Crippen LogP contribution < -0.4 is 10.6 Å². The van der Waals surface area contributed by atoms with Crippen LogP contribution in [0.15, 0.2) is 18.2 Å². The zero-order chi connectivity index (χ0) is 28.9. The van der Waals surface area contributed by atoms with E-state index in [1.807, 2.05) is 32.0 Å². The molecule has 0 saturated heterocycles. The molecule has 9 nitrogen and oxygen atoms in total. The number of carbonyl (C=O) groups excluding carboxylic acids is 4. The summed E-state index contributed by atoms with van der Waals surface area (Å²) < 4.78 is 9.99. The third-order valence-electron chi connectivity index (χ3n) is 6.18. The summed E-state index contributed by atoms with van der Waals surface area (Å²) in [6.45, 7) is 12.9. The van der Waals surface area contributed by atoms with Crippen LogP contribution in [0, 0.1) is 13.8 Å². The fourth-order valence-electron chi connectivity index (χ4n) is 3.96. The Balaban J connectivity index is 3.32. The highest BCUT2D eigenvalue weighted by atomic mass is 16.6. The molecule has 0 aliphatic heterocycles. The Morgan fingerprint density at radius 1 is 0.974 bits per heavy atom. The van der Waals surface area contributed by atoms with Gasteiger partial charge in [0.05, 0.1) is 7.11 Å². The summed E-state index contributed by atoms with van der Waals surface area (Å²) in [5.41, 5.74) is 1.93. The minimum atomic E-state index is -0.995. The second-order valence-electron chi connectivity index (χ2n) is 10.7. The van der Waals surface area contributed by atoms with Crippen molar-refractivity contribution in [2.75, 3.05) is 20.2 Å². The Bertz CT molecular complexity index is 941. The Labute approximate surface area is 228 Å². The Hall–Kier alpha value is -3.10. The molecule has 3 amide bonds. The van der Waals surface area contributed by atoms with Crippen LogP contribution in [0.2, 0.25) is 0 Å². The van der Waals surface area contributed by atoms with E-state index in [4.69, 9.17) is 4.74 Å². The van der Waals surface area contributed by atoms with Crippen LogP contribution in [0.4, 0.5) is 4.79 Å². The highest BCUT2D eigenvalue weighted by molar-refractivity contribution is 5.93. The van der Waals surface area contributed by atoms with Crippen molar-refractivity contribution in [3.8, 4) is 0 Å². The van der Waals surface area contributed by atoms with E-state index in [0.717, 1.165) is 43.2 Å². The molecule has 0 saturated carbocycles. The zero-order valence-corrected chi connectivity index (χ0v) is 24.4. The molecule has 9 heteroatoms. The van der Waals surface area contributed by atoms with Gasteiger partial charge in [0.2, 0.25) is 11.8 Å². The maximum Gasteiger partial charge on any atom is 0.408 e. The summed E-state index contributed by atoms with van der Waals surface area (Å²) in [4.78, 5) is 52.9. The number of hydrogen-bond acceptors (Lipinski definition) is 6. The number of rotatable bonds is 14. The quantitative estimate of drug-likeness (QED) is 0.264. The number of nitrogens with zero attached hydrogens (tertiary/aromatic N) is 1. The number of esters is 1. The second kappa shape index (κ2) is 16.0. The average Bonchev–Trinajstić information content (AvgIpc) is 2.83. The molecule has 2 unspecified atom stereocenters. The molecule has 38 heavy (non-hydrogen) atoms. The van der Waals surface area contributed by atoms with Crippen molar-refractivity contribution in [1.82, 2.24) is 15.5 Å². The van der Waals surface area contributed by atoms with Crippen molar-refractivity contribution in [2.24, 2.45) is 0 Å². The molecule has 0 fully saturated rings. The van der Waals surface area contributed by atoms with E-state index in [2.05, 4.69) is 22.3 Å². The SMILES string of the molecule is CCCCCCCCN(C(=O)C(C)NC(=O)OC(C)(C)C)C(C(=O)NCC(=O)OC)c1ccc(C)c(C)c1. The lowest BCUT2D eigenvalue weighted by atomic mass is 9.98. The van der Waals surface area contributed by atoms with E-state index in [0.29, 0.717) is 18.5 Å². The van der Waals surface area contributed by atoms with Crippen LogP contribution in [0.1, 0.15) is 95.9 Å². The molecule has 0 aliphatic rings. The molecule has 0 heterocycles. The highest BCUT2D eigenvalue weighted by Crippen LogP contribution is 2.25. The molecule has 2 atom stereocenters. The standard InChI is InChI=1S/C29H47N3O6/c1-9-10-11-12-13-14-17-32(27(35)22(4)31-28(36)38-29(5,6)7)25(26(34)30-19-24(33)37-8)23-16-15-20(2)21(3)18-23/h15-16,18,22,25H,9-14,17,19H2,1-8H3,(H,30,34)(H,31,36). The minimum Gasteiger partial charge on any atom is -0.468 e. The summed E-state index contributed by atoms with van der Waals surface area (Å²) in [6.07, 6.45) is 5.32. The predicted octanol–water partition coefficient (Wildman–Crippen LogP) is 4.74. The zero-order valence-electron chi connectivity index (χ0n) is 24.4. The average molecular weight is 534 g/mol. The number of hydrogen-bond donors (Lipinski definition) is 2. The van der Waals surface area contributed by atoms with Crippen LogP contribution in [0.3, 0.4) is 0 Å². The summed E-state index contributed by atoms with van der Waals surface area (Å²) in [5, 5.41) is 5.21. The fourth-order valence-corrected chi connectivity index (χ4v) is 3.96. The Kier molecular flexibility index (Phi) is 13.9. The van der Waals surface area contributed by atoms with Crippen molar-refractivity contribution < 1.29 is 28.7 Å². The summed E-state index contributed by atoms with van der Waals surface area (Å²) >= 11 is 0. The van der Waals surface area contributed by atoms with E-state index in [1.165, 1.54) is 12.0 Å². The molecule has 1 aromatic carbocycles. The maximum atomic E-state index is 13.8. The monoisotopic (exact) mass is 533 g/mol. The van der Waals surface area contributed by atoms with Gasteiger partial charge in [0.1, 0.15) is 24.2 Å². The summed E-state index contributed by atoms with van der Waals surface area (Å²) in [6, 6.07) is 3.67. The van der Waals surface area contributed by atoms with Crippen LogP contribution in [0.25, 0.3) is 0 Å². The molecular formula is C29H47N3O6. The van der Waals surface area contributed by atoms with Crippen LogP contribution >= 0.6 is 0 Å². The maximum absolute atomic E-state index is 13.8. The normalized spacial score (nSPS) is 12.7. The first-order chi connectivity index (χ1) is 17.8. The lowest BCUT2D eigenvalue weighted by Gasteiger charge is -2.34. The van der Waals surface area contributed by atoms with Gasteiger partial charge in [0.15, 0.2) is 0 Å². The predicted molar refractivity (Wildman–Crippen MR) is 148 cm³/mol. The topological polar surface area (TPSA) is 114 Å².